The number of hydrogen-bond acceptors (Lipinski definition) is 2. The van der Waals surface area contributed by atoms with E-state index < -0.39 is 0 Å². The van der Waals surface area contributed by atoms with Crippen LogP contribution < -0.4 is 0 Å². The van der Waals surface area contributed by atoms with Crippen LogP contribution in [0.4, 0.5) is 0 Å². The SMILES string of the molecule is CCc1ccc(CCS)nc1. The lowest BCUT2D eigenvalue weighted by atomic mass is 10.2. The Labute approximate surface area is 73.3 Å². The predicted molar refractivity (Wildman–Crippen MR) is 51.2 cm³/mol. The molecule has 0 N–H and O–H groups in total. The zero-order valence-corrected chi connectivity index (χ0v) is 7.64. The molecule has 0 bridgehead atoms. The van der Waals surface area contributed by atoms with E-state index in [0.717, 1.165) is 24.3 Å². The Morgan fingerprint density at radius 2 is 2.27 bits per heavy atom. The molecule has 60 valence electrons. The Kier molecular flexibility index (Phi) is 3.43. The van der Waals surface area contributed by atoms with E-state index in [0.29, 0.717) is 0 Å². The van der Waals surface area contributed by atoms with Gasteiger partial charge in [-0.15, -0.1) is 0 Å². The topological polar surface area (TPSA) is 12.9 Å². The van der Waals surface area contributed by atoms with Crippen molar-refractivity contribution in [2.24, 2.45) is 0 Å². The number of aromatic nitrogens is 1. The molecule has 0 aliphatic carbocycles. The van der Waals surface area contributed by atoms with Crippen LogP contribution in [0.3, 0.4) is 0 Å². The van der Waals surface area contributed by atoms with Gasteiger partial charge in [0, 0.05) is 11.9 Å². The van der Waals surface area contributed by atoms with Gasteiger partial charge in [0.15, 0.2) is 0 Å². The maximum absolute atomic E-state index is 4.29. The van der Waals surface area contributed by atoms with Crippen LogP contribution in [0, 0.1) is 0 Å². The van der Waals surface area contributed by atoms with Crippen LogP contribution in [-0.2, 0) is 12.8 Å². The molecular formula is C9H13NS. The number of thiol groups is 1. The summed E-state index contributed by atoms with van der Waals surface area (Å²) in [6, 6.07) is 4.21. The highest BCUT2D eigenvalue weighted by Crippen LogP contribution is 2.01. The van der Waals surface area contributed by atoms with Crippen molar-refractivity contribution in [1.82, 2.24) is 4.98 Å². The monoisotopic (exact) mass is 167 g/mol. The van der Waals surface area contributed by atoms with E-state index in [2.05, 4.69) is 36.7 Å². The van der Waals surface area contributed by atoms with Crippen molar-refractivity contribution in [3.05, 3.63) is 29.6 Å². The molecule has 1 rings (SSSR count). The lowest BCUT2D eigenvalue weighted by Gasteiger charge is -1.98. The van der Waals surface area contributed by atoms with Gasteiger partial charge in [-0.25, -0.2) is 0 Å². The van der Waals surface area contributed by atoms with Crippen LogP contribution in [0.25, 0.3) is 0 Å². The quantitative estimate of drug-likeness (QED) is 0.680. The van der Waals surface area contributed by atoms with Crippen LogP contribution in [-0.4, -0.2) is 10.7 Å². The first kappa shape index (κ1) is 8.60. The summed E-state index contributed by atoms with van der Waals surface area (Å²) in [6.45, 7) is 2.13. The van der Waals surface area contributed by atoms with Gasteiger partial charge in [-0.3, -0.25) is 4.98 Å². The zero-order chi connectivity index (χ0) is 8.10. The summed E-state index contributed by atoms with van der Waals surface area (Å²) >= 11 is 4.14. The maximum Gasteiger partial charge on any atom is 0.0411 e. The third-order valence-corrected chi connectivity index (χ3v) is 1.89. The number of hydrogen-bond donors (Lipinski definition) is 1. The van der Waals surface area contributed by atoms with Gasteiger partial charge in [-0.2, -0.15) is 12.6 Å². The van der Waals surface area contributed by atoms with E-state index in [4.69, 9.17) is 0 Å². The highest BCUT2D eigenvalue weighted by Gasteiger charge is 1.92. The van der Waals surface area contributed by atoms with Gasteiger partial charge in [-0.1, -0.05) is 13.0 Å². The average Bonchev–Trinajstić information content (AvgIpc) is 2.07. The molecule has 1 aromatic heterocycles. The highest BCUT2D eigenvalue weighted by molar-refractivity contribution is 7.80. The number of pyridine rings is 1. The number of aryl methyl sites for hydroxylation is 2. The minimum atomic E-state index is 0.873. The molecule has 0 radical (unpaired) electrons. The van der Waals surface area contributed by atoms with E-state index in [1.807, 2.05) is 6.20 Å². The fraction of sp³-hybridized carbons (Fsp3) is 0.444. The van der Waals surface area contributed by atoms with Crippen molar-refractivity contribution in [2.75, 3.05) is 5.75 Å². The third-order valence-electron chi connectivity index (χ3n) is 1.66. The van der Waals surface area contributed by atoms with E-state index in [1.165, 1.54) is 5.56 Å². The molecule has 0 aromatic carbocycles. The minimum Gasteiger partial charge on any atom is -0.261 e. The number of rotatable bonds is 3. The molecule has 0 saturated carbocycles. The van der Waals surface area contributed by atoms with Gasteiger partial charge < -0.3 is 0 Å². The summed E-state index contributed by atoms with van der Waals surface area (Å²) in [5.41, 5.74) is 2.44. The van der Waals surface area contributed by atoms with Gasteiger partial charge in [-0.05, 0) is 30.2 Å². The summed E-state index contributed by atoms with van der Waals surface area (Å²) in [5.74, 6) is 0.873. The molecule has 0 aliphatic rings. The molecule has 1 heterocycles. The third kappa shape index (κ3) is 2.54. The lowest BCUT2D eigenvalue weighted by Crippen LogP contribution is -1.91. The lowest BCUT2D eigenvalue weighted by molar-refractivity contribution is 1.01. The molecule has 0 unspecified atom stereocenters. The smallest absolute Gasteiger partial charge is 0.0411 e. The standard InChI is InChI=1S/C9H13NS/c1-2-8-3-4-9(5-6-11)10-7-8/h3-4,7,11H,2,5-6H2,1H3. The summed E-state index contributed by atoms with van der Waals surface area (Å²) in [5, 5.41) is 0. The van der Waals surface area contributed by atoms with Crippen molar-refractivity contribution >= 4 is 12.6 Å². The van der Waals surface area contributed by atoms with Crippen molar-refractivity contribution in [3.63, 3.8) is 0 Å². The molecule has 0 fully saturated rings. The summed E-state index contributed by atoms with van der Waals surface area (Å²) in [6.07, 6.45) is 3.97. The van der Waals surface area contributed by atoms with Crippen molar-refractivity contribution in [1.29, 1.82) is 0 Å². The normalized spacial score (nSPS) is 10.0. The molecule has 0 amide bonds. The summed E-state index contributed by atoms with van der Waals surface area (Å²) in [4.78, 5) is 4.29. The molecule has 2 heteroatoms. The van der Waals surface area contributed by atoms with Crippen LogP contribution >= 0.6 is 12.6 Å². The predicted octanol–water partition coefficient (Wildman–Crippen LogP) is 2.12. The van der Waals surface area contributed by atoms with E-state index in [1.54, 1.807) is 0 Å². The highest BCUT2D eigenvalue weighted by atomic mass is 32.1. The van der Waals surface area contributed by atoms with Crippen LogP contribution in [0.2, 0.25) is 0 Å². The second-order valence-corrected chi connectivity index (χ2v) is 2.93. The second-order valence-electron chi connectivity index (χ2n) is 2.48. The van der Waals surface area contributed by atoms with Crippen molar-refractivity contribution in [3.8, 4) is 0 Å². The van der Waals surface area contributed by atoms with Gasteiger partial charge in [0.25, 0.3) is 0 Å². The molecular weight excluding hydrogens is 154 g/mol. The van der Waals surface area contributed by atoms with E-state index in [9.17, 15) is 0 Å². The van der Waals surface area contributed by atoms with E-state index in [-0.39, 0.29) is 0 Å². The molecule has 0 saturated heterocycles. The molecule has 0 atom stereocenters. The van der Waals surface area contributed by atoms with Gasteiger partial charge in [0.05, 0.1) is 0 Å². The van der Waals surface area contributed by atoms with Crippen LogP contribution in [0.5, 0.6) is 0 Å². The fourth-order valence-corrected chi connectivity index (χ4v) is 1.16. The Bertz CT molecular complexity index is 205. The molecule has 0 spiro atoms. The summed E-state index contributed by atoms with van der Waals surface area (Å²) in [7, 11) is 0. The molecule has 1 nitrogen and oxygen atoms in total. The van der Waals surface area contributed by atoms with Crippen molar-refractivity contribution in [2.45, 2.75) is 19.8 Å². The molecule has 0 aliphatic heterocycles. The largest absolute Gasteiger partial charge is 0.261 e. The molecule has 11 heavy (non-hydrogen) atoms. The Hall–Kier alpha value is -0.500. The Balaban J connectivity index is 2.66. The van der Waals surface area contributed by atoms with Crippen LogP contribution in [0.1, 0.15) is 18.2 Å². The zero-order valence-electron chi connectivity index (χ0n) is 6.75. The first-order valence-electron chi connectivity index (χ1n) is 3.91. The van der Waals surface area contributed by atoms with Gasteiger partial charge in [0.2, 0.25) is 0 Å². The maximum atomic E-state index is 4.29. The second kappa shape index (κ2) is 4.39. The number of nitrogens with zero attached hydrogens (tertiary/aromatic N) is 1. The van der Waals surface area contributed by atoms with Crippen molar-refractivity contribution < 1.29 is 0 Å². The van der Waals surface area contributed by atoms with Crippen LogP contribution in [0.15, 0.2) is 18.3 Å². The minimum absolute atomic E-state index is 0.873. The Morgan fingerprint density at radius 3 is 2.73 bits per heavy atom. The first-order chi connectivity index (χ1) is 5.36. The average molecular weight is 167 g/mol. The fourth-order valence-electron chi connectivity index (χ4n) is 0.927. The molecule has 1 aromatic rings. The van der Waals surface area contributed by atoms with Gasteiger partial charge in [0.1, 0.15) is 0 Å². The Morgan fingerprint density at radius 1 is 1.45 bits per heavy atom. The van der Waals surface area contributed by atoms with Gasteiger partial charge >= 0.3 is 0 Å². The van der Waals surface area contributed by atoms with E-state index >= 15 is 0 Å². The first-order valence-corrected chi connectivity index (χ1v) is 4.54. The summed E-state index contributed by atoms with van der Waals surface area (Å²) < 4.78 is 0.